The van der Waals surface area contributed by atoms with E-state index < -0.39 is 6.10 Å². The Balaban J connectivity index is 2.40. The number of rotatable bonds is 4. The molecule has 0 bridgehead atoms. The van der Waals surface area contributed by atoms with Gasteiger partial charge in [0.1, 0.15) is 17.6 Å². The van der Waals surface area contributed by atoms with Crippen molar-refractivity contribution in [2.75, 3.05) is 14.2 Å². The lowest BCUT2D eigenvalue weighted by Crippen LogP contribution is -2.03. The molecule has 1 aromatic heterocycles. The lowest BCUT2D eigenvalue weighted by atomic mass is 10.0. The molecule has 0 aliphatic rings. The van der Waals surface area contributed by atoms with Crippen LogP contribution in [0.4, 0.5) is 0 Å². The monoisotopic (exact) mass is 279 g/mol. The topological polar surface area (TPSA) is 51.6 Å². The summed E-state index contributed by atoms with van der Waals surface area (Å²) in [5, 5.41) is 10.9. The number of halogens is 1. The molecule has 0 amide bonds. The Morgan fingerprint density at radius 2 is 1.95 bits per heavy atom. The Labute approximate surface area is 116 Å². The summed E-state index contributed by atoms with van der Waals surface area (Å²) in [4.78, 5) is 4.02. The van der Waals surface area contributed by atoms with E-state index in [1.807, 2.05) is 0 Å². The van der Waals surface area contributed by atoms with E-state index in [0.717, 1.165) is 0 Å². The normalized spacial score (nSPS) is 12.0. The molecule has 1 aromatic carbocycles. The predicted molar refractivity (Wildman–Crippen MR) is 72.9 cm³/mol. The van der Waals surface area contributed by atoms with E-state index in [1.54, 1.807) is 43.8 Å². The van der Waals surface area contributed by atoms with Gasteiger partial charge in [0.25, 0.3) is 0 Å². The van der Waals surface area contributed by atoms with E-state index in [2.05, 4.69) is 4.98 Å². The van der Waals surface area contributed by atoms with Crippen LogP contribution in [0.5, 0.6) is 11.5 Å². The average molecular weight is 280 g/mol. The number of methoxy groups -OCH3 is 2. The first kappa shape index (κ1) is 13.6. The minimum absolute atomic E-state index is 0.530. The lowest BCUT2D eigenvalue weighted by molar-refractivity contribution is 0.213. The molecule has 0 spiro atoms. The standard InChI is InChI=1S/C14H14ClNO3/c1-18-11-5-9(7-16-8-11)14(17)12-4-3-10(15)6-13(12)19-2/h3-8,14,17H,1-2H3. The zero-order chi connectivity index (χ0) is 13.8. The molecule has 2 rings (SSSR count). The van der Waals surface area contributed by atoms with Crippen molar-refractivity contribution in [3.05, 3.63) is 52.8 Å². The fourth-order valence-electron chi connectivity index (χ4n) is 1.79. The molecule has 0 radical (unpaired) electrons. The van der Waals surface area contributed by atoms with Crippen molar-refractivity contribution in [2.45, 2.75) is 6.10 Å². The Bertz CT molecular complexity index is 574. The summed E-state index contributed by atoms with van der Waals surface area (Å²) >= 11 is 5.90. The van der Waals surface area contributed by atoms with E-state index in [0.29, 0.717) is 27.6 Å². The highest BCUT2D eigenvalue weighted by Crippen LogP contribution is 2.32. The Kier molecular flexibility index (Phi) is 4.24. The van der Waals surface area contributed by atoms with E-state index in [1.165, 1.54) is 7.11 Å². The van der Waals surface area contributed by atoms with Gasteiger partial charge in [-0.05, 0) is 18.2 Å². The summed E-state index contributed by atoms with van der Waals surface area (Å²) in [6.07, 6.45) is 2.31. The molecular formula is C14H14ClNO3. The van der Waals surface area contributed by atoms with Crippen LogP contribution in [-0.4, -0.2) is 24.3 Å². The minimum atomic E-state index is -0.852. The molecule has 1 heterocycles. The van der Waals surface area contributed by atoms with Crippen molar-refractivity contribution < 1.29 is 14.6 Å². The smallest absolute Gasteiger partial charge is 0.137 e. The number of aromatic nitrogens is 1. The lowest BCUT2D eigenvalue weighted by Gasteiger charge is -2.15. The van der Waals surface area contributed by atoms with Crippen LogP contribution >= 0.6 is 11.6 Å². The van der Waals surface area contributed by atoms with Gasteiger partial charge in [0, 0.05) is 22.3 Å². The van der Waals surface area contributed by atoms with E-state index in [4.69, 9.17) is 21.1 Å². The van der Waals surface area contributed by atoms with Gasteiger partial charge in [0.15, 0.2) is 0 Å². The summed E-state index contributed by atoms with van der Waals surface area (Å²) in [5.41, 5.74) is 1.25. The quantitative estimate of drug-likeness (QED) is 0.935. The van der Waals surface area contributed by atoms with Gasteiger partial charge in [-0.3, -0.25) is 4.98 Å². The average Bonchev–Trinajstić information content (AvgIpc) is 2.46. The van der Waals surface area contributed by atoms with Crippen LogP contribution in [0, 0.1) is 0 Å². The third-order valence-electron chi connectivity index (χ3n) is 2.78. The third-order valence-corrected chi connectivity index (χ3v) is 3.01. The van der Waals surface area contributed by atoms with Gasteiger partial charge in [-0.1, -0.05) is 17.7 Å². The largest absolute Gasteiger partial charge is 0.496 e. The molecule has 1 unspecified atom stereocenters. The van der Waals surface area contributed by atoms with Gasteiger partial charge in [0.2, 0.25) is 0 Å². The molecule has 5 heteroatoms. The summed E-state index contributed by atoms with van der Waals surface area (Å²) in [6, 6.07) is 6.82. The second kappa shape index (κ2) is 5.91. The van der Waals surface area contributed by atoms with Crippen molar-refractivity contribution in [3.63, 3.8) is 0 Å². The molecule has 1 N–H and O–H groups in total. The highest BCUT2D eigenvalue weighted by molar-refractivity contribution is 6.30. The number of aliphatic hydroxyl groups is 1. The van der Waals surface area contributed by atoms with Gasteiger partial charge in [-0.2, -0.15) is 0 Å². The number of pyridine rings is 1. The van der Waals surface area contributed by atoms with Crippen molar-refractivity contribution >= 4 is 11.6 Å². The summed E-state index contributed by atoms with van der Waals surface area (Å²) in [7, 11) is 3.09. The molecule has 0 aliphatic carbocycles. The van der Waals surface area contributed by atoms with Crippen molar-refractivity contribution in [2.24, 2.45) is 0 Å². The number of ether oxygens (including phenoxy) is 2. The third kappa shape index (κ3) is 2.97. The maximum absolute atomic E-state index is 10.4. The second-order valence-electron chi connectivity index (χ2n) is 3.95. The highest BCUT2D eigenvalue weighted by Gasteiger charge is 2.16. The van der Waals surface area contributed by atoms with Crippen LogP contribution in [0.25, 0.3) is 0 Å². The zero-order valence-corrected chi connectivity index (χ0v) is 11.4. The van der Waals surface area contributed by atoms with Crippen LogP contribution in [0.2, 0.25) is 5.02 Å². The van der Waals surface area contributed by atoms with Crippen LogP contribution in [0.15, 0.2) is 36.7 Å². The van der Waals surface area contributed by atoms with Crippen molar-refractivity contribution in [1.29, 1.82) is 0 Å². The molecule has 19 heavy (non-hydrogen) atoms. The number of hydrogen-bond acceptors (Lipinski definition) is 4. The number of aliphatic hydroxyl groups excluding tert-OH is 1. The highest BCUT2D eigenvalue weighted by atomic mass is 35.5. The first-order valence-corrected chi connectivity index (χ1v) is 6.04. The van der Waals surface area contributed by atoms with Crippen molar-refractivity contribution in [3.8, 4) is 11.5 Å². The van der Waals surface area contributed by atoms with Crippen LogP contribution in [0.1, 0.15) is 17.2 Å². The van der Waals surface area contributed by atoms with Crippen LogP contribution in [-0.2, 0) is 0 Å². The molecule has 0 saturated heterocycles. The van der Waals surface area contributed by atoms with Gasteiger partial charge < -0.3 is 14.6 Å². The van der Waals surface area contributed by atoms with Crippen molar-refractivity contribution in [1.82, 2.24) is 4.98 Å². The number of nitrogens with zero attached hydrogens (tertiary/aromatic N) is 1. The predicted octanol–water partition coefficient (Wildman–Crippen LogP) is 2.83. The van der Waals surface area contributed by atoms with E-state index >= 15 is 0 Å². The minimum Gasteiger partial charge on any atom is -0.496 e. The van der Waals surface area contributed by atoms with Gasteiger partial charge in [-0.15, -0.1) is 0 Å². The fraction of sp³-hybridized carbons (Fsp3) is 0.214. The summed E-state index contributed by atoms with van der Waals surface area (Å²) in [6.45, 7) is 0. The second-order valence-corrected chi connectivity index (χ2v) is 4.38. The Morgan fingerprint density at radius 3 is 2.63 bits per heavy atom. The Hall–Kier alpha value is -1.78. The first-order valence-electron chi connectivity index (χ1n) is 5.66. The molecule has 4 nitrogen and oxygen atoms in total. The van der Waals surface area contributed by atoms with Gasteiger partial charge >= 0.3 is 0 Å². The Morgan fingerprint density at radius 1 is 1.16 bits per heavy atom. The maximum Gasteiger partial charge on any atom is 0.137 e. The SMILES string of the molecule is COc1cncc(C(O)c2ccc(Cl)cc2OC)c1. The zero-order valence-electron chi connectivity index (χ0n) is 10.6. The first-order chi connectivity index (χ1) is 9.15. The molecule has 2 aromatic rings. The molecule has 0 saturated carbocycles. The maximum atomic E-state index is 10.4. The molecular weight excluding hydrogens is 266 g/mol. The van der Waals surface area contributed by atoms with E-state index in [-0.39, 0.29) is 0 Å². The van der Waals surface area contributed by atoms with E-state index in [9.17, 15) is 5.11 Å². The number of benzene rings is 1. The molecule has 0 fully saturated rings. The summed E-state index contributed by atoms with van der Waals surface area (Å²) in [5.74, 6) is 1.12. The van der Waals surface area contributed by atoms with Crippen LogP contribution < -0.4 is 9.47 Å². The molecule has 1 atom stereocenters. The number of hydrogen-bond donors (Lipinski definition) is 1. The van der Waals surface area contributed by atoms with Crippen LogP contribution in [0.3, 0.4) is 0 Å². The molecule has 100 valence electrons. The molecule has 0 aliphatic heterocycles. The fourth-order valence-corrected chi connectivity index (χ4v) is 1.95. The van der Waals surface area contributed by atoms with Gasteiger partial charge in [-0.25, -0.2) is 0 Å². The van der Waals surface area contributed by atoms with Gasteiger partial charge in [0.05, 0.1) is 20.4 Å². The summed E-state index contributed by atoms with van der Waals surface area (Å²) < 4.78 is 10.3.